The molecule has 0 aromatic rings. The molecule has 8 heteroatoms. The SMILES string of the molecule is O=C1N[C@@H](O)CCN1[C@H]1O[C@@H](CO)[C@@H](O)[C@H]1O. The summed E-state index contributed by atoms with van der Waals surface area (Å²) in [7, 11) is 0. The Bertz CT molecular complexity index is 301. The van der Waals surface area contributed by atoms with Crippen LogP contribution in [-0.2, 0) is 4.74 Å². The van der Waals surface area contributed by atoms with E-state index in [4.69, 9.17) is 9.84 Å². The third-order valence-electron chi connectivity index (χ3n) is 3.02. The number of aliphatic hydroxyl groups is 4. The molecule has 2 amide bonds. The zero-order chi connectivity index (χ0) is 12.6. The molecule has 17 heavy (non-hydrogen) atoms. The van der Waals surface area contributed by atoms with E-state index < -0.39 is 43.4 Å². The van der Waals surface area contributed by atoms with Gasteiger partial charge in [-0.2, -0.15) is 0 Å². The largest absolute Gasteiger partial charge is 0.394 e. The van der Waals surface area contributed by atoms with Gasteiger partial charge in [-0.25, -0.2) is 4.79 Å². The van der Waals surface area contributed by atoms with Gasteiger partial charge in [0.25, 0.3) is 0 Å². The normalized spacial score (nSPS) is 42.7. The van der Waals surface area contributed by atoms with Gasteiger partial charge in [-0.15, -0.1) is 0 Å². The van der Waals surface area contributed by atoms with Crippen LogP contribution in [-0.4, -0.2) is 75.3 Å². The molecule has 5 atom stereocenters. The number of amides is 2. The van der Waals surface area contributed by atoms with Crippen LogP contribution < -0.4 is 5.32 Å². The van der Waals surface area contributed by atoms with Crippen LogP contribution in [0.3, 0.4) is 0 Å². The van der Waals surface area contributed by atoms with E-state index in [1.54, 1.807) is 0 Å². The molecule has 2 aliphatic rings. The molecular weight excluding hydrogens is 232 g/mol. The first-order chi connectivity index (χ1) is 8.04. The van der Waals surface area contributed by atoms with Crippen LogP contribution in [0.4, 0.5) is 4.79 Å². The van der Waals surface area contributed by atoms with E-state index in [-0.39, 0.29) is 6.54 Å². The van der Waals surface area contributed by atoms with Gasteiger partial charge in [-0.3, -0.25) is 4.90 Å². The zero-order valence-electron chi connectivity index (χ0n) is 9.06. The summed E-state index contributed by atoms with van der Waals surface area (Å²) in [5.74, 6) is 0. The Labute approximate surface area is 97.4 Å². The maximum atomic E-state index is 11.6. The van der Waals surface area contributed by atoms with Crippen molar-refractivity contribution in [2.24, 2.45) is 0 Å². The predicted octanol–water partition coefficient (Wildman–Crippen LogP) is -2.84. The Kier molecular flexibility index (Phi) is 3.50. The van der Waals surface area contributed by atoms with Gasteiger partial charge in [-0.05, 0) is 0 Å². The van der Waals surface area contributed by atoms with Gasteiger partial charge < -0.3 is 30.5 Å². The highest BCUT2D eigenvalue weighted by atomic mass is 16.6. The molecule has 0 spiro atoms. The molecule has 2 aliphatic heterocycles. The van der Waals surface area contributed by atoms with Gasteiger partial charge in [0, 0.05) is 13.0 Å². The van der Waals surface area contributed by atoms with Crippen molar-refractivity contribution in [3.05, 3.63) is 0 Å². The lowest BCUT2D eigenvalue weighted by molar-refractivity contribution is -0.0893. The third-order valence-corrected chi connectivity index (χ3v) is 3.02. The van der Waals surface area contributed by atoms with Crippen molar-refractivity contribution in [1.82, 2.24) is 10.2 Å². The first-order valence-corrected chi connectivity index (χ1v) is 5.42. The zero-order valence-corrected chi connectivity index (χ0v) is 9.06. The van der Waals surface area contributed by atoms with Crippen molar-refractivity contribution in [3.63, 3.8) is 0 Å². The fourth-order valence-electron chi connectivity index (χ4n) is 2.04. The Morgan fingerprint density at radius 3 is 2.59 bits per heavy atom. The van der Waals surface area contributed by atoms with Crippen LogP contribution in [0.25, 0.3) is 0 Å². The third kappa shape index (κ3) is 2.22. The van der Waals surface area contributed by atoms with Crippen molar-refractivity contribution >= 4 is 6.03 Å². The standard InChI is InChI=1S/C9H16N2O6/c12-3-4-6(14)7(15)8(17-4)11-2-1-5(13)10-9(11)16/h4-8,12-15H,1-3H2,(H,10,16)/t4-,5-,6+,7+,8-/m0/s1. The van der Waals surface area contributed by atoms with Crippen molar-refractivity contribution in [3.8, 4) is 0 Å². The number of nitrogens with one attached hydrogen (secondary N) is 1. The van der Waals surface area contributed by atoms with Gasteiger partial charge in [0.05, 0.1) is 6.61 Å². The molecule has 2 saturated heterocycles. The van der Waals surface area contributed by atoms with Gasteiger partial charge in [0.1, 0.15) is 24.5 Å². The Morgan fingerprint density at radius 1 is 1.35 bits per heavy atom. The van der Waals surface area contributed by atoms with Crippen LogP contribution in [0.15, 0.2) is 0 Å². The Hall–Kier alpha value is -0.930. The highest BCUT2D eigenvalue weighted by Gasteiger charge is 2.47. The van der Waals surface area contributed by atoms with Gasteiger partial charge >= 0.3 is 6.03 Å². The van der Waals surface area contributed by atoms with E-state index in [1.165, 1.54) is 4.90 Å². The number of carbonyl (C=O) groups is 1. The molecule has 2 rings (SSSR count). The fraction of sp³-hybridized carbons (Fsp3) is 0.889. The smallest absolute Gasteiger partial charge is 0.321 e. The van der Waals surface area contributed by atoms with Crippen LogP contribution in [0.5, 0.6) is 0 Å². The Morgan fingerprint density at radius 2 is 2.06 bits per heavy atom. The minimum atomic E-state index is -1.27. The lowest BCUT2D eigenvalue weighted by atomic mass is 10.1. The number of carbonyl (C=O) groups excluding carboxylic acids is 1. The maximum Gasteiger partial charge on any atom is 0.321 e. The first kappa shape index (κ1) is 12.5. The molecule has 2 fully saturated rings. The molecule has 98 valence electrons. The summed E-state index contributed by atoms with van der Waals surface area (Å²) in [6.07, 6.45) is -5.02. The van der Waals surface area contributed by atoms with Crippen LogP contribution in [0.2, 0.25) is 0 Å². The van der Waals surface area contributed by atoms with E-state index in [0.717, 1.165) is 0 Å². The van der Waals surface area contributed by atoms with Crippen molar-refractivity contribution in [2.75, 3.05) is 13.2 Å². The van der Waals surface area contributed by atoms with Gasteiger partial charge in [0.2, 0.25) is 0 Å². The van der Waals surface area contributed by atoms with Gasteiger partial charge in [0.15, 0.2) is 6.23 Å². The van der Waals surface area contributed by atoms with Crippen LogP contribution >= 0.6 is 0 Å². The molecular formula is C9H16N2O6. The average Bonchev–Trinajstić information content (AvgIpc) is 2.57. The number of rotatable bonds is 2. The molecule has 5 N–H and O–H groups in total. The first-order valence-electron chi connectivity index (χ1n) is 5.42. The minimum absolute atomic E-state index is 0.208. The molecule has 0 bridgehead atoms. The molecule has 0 aromatic carbocycles. The molecule has 8 nitrogen and oxygen atoms in total. The summed E-state index contributed by atoms with van der Waals surface area (Å²) >= 11 is 0. The maximum absolute atomic E-state index is 11.6. The summed E-state index contributed by atoms with van der Waals surface area (Å²) < 4.78 is 5.21. The molecule has 0 saturated carbocycles. The van der Waals surface area contributed by atoms with E-state index in [1.807, 2.05) is 0 Å². The number of hydrogen-bond donors (Lipinski definition) is 5. The topological polar surface area (TPSA) is 122 Å². The predicted molar refractivity (Wildman–Crippen MR) is 53.6 cm³/mol. The lowest BCUT2D eigenvalue weighted by Crippen LogP contribution is -2.57. The highest BCUT2D eigenvalue weighted by molar-refractivity contribution is 5.75. The van der Waals surface area contributed by atoms with E-state index in [9.17, 15) is 20.1 Å². The minimum Gasteiger partial charge on any atom is -0.394 e. The quantitative estimate of drug-likeness (QED) is 0.359. The molecule has 0 unspecified atom stereocenters. The van der Waals surface area contributed by atoms with E-state index >= 15 is 0 Å². The molecule has 0 aliphatic carbocycles. The van der Waals surface area contributed by atoms with Crippen molar-refractivity contribution in [2.45, 2.75) is 37.2 Å². The second-order valence-corrected chi connectivity index (χ2v) is 4.18. The van der Waals surface area contributed by atoms with Crippen molar-refractivity contribution in [1.29, 1.82) is 0 Å². The second kappa shape index (κ2) is 4.75. The number of aliphatic hydroxyl groups excluding tert-OH is 4. The molecule has 0 radical (unpaired) electrons. The number of nitrogens with zero attached hydrogens (tertiary/aromatic N) is 1. The second-order valence-electron chi connectivity index (χ2n) is 4.18. The number of ether oxygens (including phenoxy) is 1. The average molecular weight is 248 g/mol. The molecule has 2 heterocycles. The van der Waals surface area contributed by atoms with Crippen molar-refractivity contribution < 1.29 is 30.0 Å². The summed E-state index contributed by atoms with van der Waals surface area (Å²) in [5, 5.41) is 39.7. The number of hydrogen-bond acceptors (Lipinski definition) is 6. The van der Waals surface area contributed by atoms with E-state index in [2.05, 4.69) is 5.32 Å². The summed E-state index contributed by atoms with van der Waals surface area (Å²) in [4.78, 5) is 12.7. The van der Waals surface area contributed by atoms with Crippen LogP contribution in [0.1, 0.15) is 6.42 Å². The highest BCUT2D eigenvalue weighted by Crippen LogP contribution is 2.25. The van der Waals surface area contributed by atoms with Crippen LogP contribution in [0, 0.1) is 0 Å². The lowest BCUT2D eigenvalue weighted by Gasteiger charge is -2.35. The monoisotopic (exact) mass is 248 g/mol. The van der Waals surface area contributed by atoms with Gasteiger partial charge in [-0.1, -0.05) is 0 Å². The van der Waals surface area contributed by atoms with E-state index in [0.29, 0.717) is 6.42 Å². The Balaban J connectivity index is 2.05. The summed E-state index contributed by atoms with van der Waals surface area (Å²) in [6.45, 7) is -0.230. The summed E-state index contributed by atoms with van der Waals surface area (Å²) in [6, 6.07) is -0.571. The molecule has 0 aromatic heterocycles. The fourth-order valence-corrected chi connectivity index (χ4v) is 2.04. The summed E-state index contributed by atoms with van der Waals surface area (Å²) in [5.41, 5.74) is 0. The number of urea groups is 1.